The predicted octanol–water partition coefficient (Wildman–Crippen LogP) is 3.52. The van der Waals surface area contributed by atoms with Crippen molar-refractivity contribution in [1.29, 1.82) is 0 Å². The van der Waals surface area contributed by atoms with Crippen LogP contribution in [0.4, 0.5) is 5.82 Å². The number of anilines is 1. The second-order valence-corrected chi connectivity index (χ2v) is 5.41. The predicted molar refractivity (Wildman–Crippen MR) is 85.8 cm³/mol. The molecule has 0 amide bonds. The van der Waals surface area contributed by atoms with E-state index in [4.69, 9.17) is 15.5 Å². The van der Waals surface area contributed by atoms with Gasteiger partial charge in [0.1, 0.15) is 22.9 Å². The number of methoxy groups -OCH3 is 1. The molecule has 2 heterocycles. The average Bonchev–Trinajstić information content (AvgIpc) is 2.74. The Morgan fingerprint density at radius 3 is 2.38 bits per heavy atom. The number of nitrogens with two attached hydrogens (primary N) is 1. The van der Waals surface area contributed by atoms with E-state index in [1.807, 2.05) is 34.9 Å². The number of aryl methyl sites for hydroxylation is 3. The normalized spacial score (nSPS) is 11.0. The summed E-state index contributed by atoms with van der Waals surface area (Å²) in [6.45, 7) is 6.16. The number of imidazole rings is 1. The van der Waals surface area contributed by atoms with Crippen molar-refractivity contribution in [2.45, 2.75) is 20.8 Å². The Morgan fingerprint density at radius 1 is 1.10 bits per heavy atom. The van der Waals surface area contributed by atoms with Crippen LogP contribution in [0.15, 0.2) is 30.5 Å². The molecule has 0 radical (unpaired) electrons. The Hall–Kier alpha value is -2.49. The van der Waals surface area contributed by atoms with Crippen molar-refractivity contribution in [3.63, 3.8) is 0 Å². The van der Waals surface area contributed by atoms with Crippen molar-refractivity contribution < 1.29 is 4.74 Å². The summed E-state index contributed by atoms with van der Waals surface area (Å²) in [5, 5.41) is 0. The molecule has 0 saturated carbocycles. The molecular weight excluding hydrogens is 262 g/mol. The number of hydrogen-bond donors (Lipinski definition) is 1. The molecule has 21 heavy (non-hydrogen) atoms. The van der Waals surface area contributed by atoms with Gasteiger partial charge in [-0.1, -0.05) is 0 Å². The van der Waals surface area contributed by atoms with Crippen LogP contribution < -0.4 is 10.5 Å². The summed E-state index contributed by atoms with van der Waals surface area (Å²) in [5.74, 6) is 1.52. The highest BCUT2D eigenvalue weighted by molar-refractivity contribution is 5.79. The van der Waals surface area contributed by atoms with Crippen molar-refractivity contribution in [1.82, 2.24) is 9.38 Å². The zero-order valence-electron chi connectivity index (χ0n) is 12.8. The first-order valence-electron chi connectivity index (χ1n) is 6.91. The standard InChI is InChI=1S/C17H19N3O/c1-10-5-6-20-14(7-10)19-16(17(20)18)15-11(2)8-13(21-4)9-12(15)3/h5-9H,18H2,1-4H3. The van der Waals surface area contributed by atoms with Crippen molar-refractivity contribution in [3.8, 4) is 17.0 Å². The third-order valence-corrected chi connectivity index (χ3v) is 3.80. The Balaban J connectivity index is 2.28. The fourth-order valence-electron chi connectivity index (χ4n) is 2.76. The Morgan fingerprint density at radius 2 is 1.76 bits per heavy atom. The van der Waals surface area contributed by atoms with E-state index in [0.29, 0.717) is 5.82 Å². The van der Waals surface area contributed by atoms with Crippen LogP contribution in [0.5, 0.6) is 5.75 Å². The number of pyridine rings is 1. The number of nitrogen functional groups attached to an aromatic ring is 1. The number of fused-ring (bicyclic) bond motifs is 1. The van der Waals surface area contributed by atoms with Gasteiger partial charge in [-0.25, -0.2) is 4.98 Å². The summed E-state index contributed by atoms with van der Waals surface area (Å²) in [7, 11) is 1.68. The summed E-state index contributed by atoms with van der Waals surface area (Å²) < 4.78 is 7.24. The first kappa shape index (κ1) is 13.5. The first-order valence-corrected chi connectivity index (χ1v) is 6.91. The van der Waals surface area contributed by atoms with Gasteiger partial charge < -0.3 is 10.5 Å². The van der Waals surface area contributed by atoms with Gasteiger partial charge in [-0.3, -0.25) is 4.40 Å². The van der Waals surface area contributed by atoms with E-state index in [0.717, 1.165) is 33.8 Å². The van der Waals surface area contributed by atoms with Gasteiger partial charge in [0, 0.05) is 11.8 Å². The van der Waals surface area contributed by atoms with Gasteiger partial charge in [0.25, 0.3) is 0 Å². The number of hydrogen-bond acceptors (Lipinski definition) is 3. The molecule has 4 nitrogen and oxygen atoms in total. The van der Waals surface area contributed by atoms with Crippen molar-refractivity contribution in [3.05, 3.63) is 47.2 Å². The quantitative estimate of drug-likeness (QED) is 0.782. The minimum atomic E-state index is 0.668. The zero-order valence-corrected chi connectivity index (χ0v) is 12.8. The lowest BCUT2D eigenvalue weighted by Gasteiger charge is -2.11. The van der Waals surface area contributed by atoms with Crippen LogP contribution in [-0.2, 0) is 0 Å². The molecule has 0 fully saturated rings. The van der Waals surface area contributed by atoms with Gasteiger partial charge in [0.2, 0.25) is 0 Å². The summed E-state index contributed by atoms with van der Waals surface area (Å²) in [4.78, 5) is 4.72. The van der Waals surface area contributed by atoms with Gasteiger partial charge in [-0.05, 0) is 61.7 Å². The lowest BCUT2D eigenvalue weighted by atomic mass is 9.99. The topological polar surface area (TPSA) is 52.5 Å². The number of nitrogens with zero attached hydrogens (tertiary/aromatic N) is 2. The summed E-state index contributed by atoms with van der Waals surface area (Å²) in [6.07, 6.45) is 1.96. The molecule has 0 bridgehead atoms. The molecule has 2 aromatic heterocycles. The van der Waals surface area contributed by atoms with E-state index in [1.54, 1.807) is 7.11 Å². The van der Waals surface area contributed by atoms with Crippen LogP contribution in [0, 0.1) is 20.8 Å². The fraction of sp³-hybridized carbons (Fsp3) is 0.235. The van der Waals surface area contributed by atoms with Gasteiger partial charge in [0.05, 0.1) is 7.11 Å². The number of aromatic nitrogens is 2. The van der Waals surface area contributed by atoms with Crippen LogP contribution in [0.1, 0.15) is 16.7 Å². The van der Waals surface area contributed by atoms with Gasteiger partial charge in [0.15, 0.2) is 0 Å². The summed E-state index contributed by atoms with van der Waals surface area (Å²) in [6, 6.07) is 8.09. The van der Waals surface area contributed by atoms with Crippen molar-refractivity contribution in [2.24, 2.45) is 0 Å². The highest BCUT2D eigenvalue weighted by atomic mass is 16.5. The third-order valence-electron chi connectivity index (χ3n) is 3.80. The molecule has 3 rings (SSSR count). The van der Waals surface area contributed by atoms with Crippen LogP contribution >= 0.6 is 0 Å². The SMILES string of the molecule is COc1cc(C)c(-c2nc3cc(C)ccn3c2N)c(C)c1. The van der Waals surface area contributed by atoms with Crippen LogP contribution in [0.25, 0.3) is 16.9 Å². The van der Waals surface area contributed by atoms with Crippen molar-refractivity contribution >= 4 is 11.5 Å². The van der Waals surface area contributed by atoms with E-state index in [-0.39, 0.29) is 0 Å². The van der Waals surface area contributed by atoms with Gasteiger partial charge in [-0.15, -0.1) is 0 Å². The van der Waals surface area contributed by atoms with Crippen LogP contribution in [0.2, 0.25) is 0 Å². The molecule has 0 unspecified atom stereocenters. The maximum atomic E-state index is 6.30. The van der Waals surface area contributed by atoms with Gasteiger partial charge in [-0.2, -0.15) is 0 Å². The highest BCUT2D eigenvalue weighted by Crippen LogP contribution is 2.34. The third kappa shape index (κ3) is 2.13. The largest absolute Gasteiger partial charge is 0.497 e. The Labute approximate surface area is 124 Å². The fourth-order valence-corrected chi connectivity index (χ4v) is 2.76. The maximum absolute atomic E-state index is 6.30. The average molecular weight is 281 g/mol. The summed E-state index contributed by atoms with van der Waals surface area (Å²) >= 11 is 0. The van der Waals surface area contributed by atoms with E-state index in [1.165, 1.54) is 5.56 Å². The molecule has 4 heteroatoms. The van der Waals surface area contributed by atoms with Crippen LogP contribution in [0.3, 0.4) is 0 Å². The number of ether oxygens (including phenoxy) is 1. The minimum absolute atomic E-state index is 0.668. The molecule has 0 atom stereocenters. The molecule has 0 aliphatic carbocycles. The molecule has 3 aromatic rings. The monoisotopic (exact) mass is 281 g/mol. The lowest BCUT2D eigenvalue weighted by Crippen LogP contribution is -1.97. The van der Waals surface area contributed by atoms with E-state index >= 15 is 0 Å². The Bertz CT molecular complexity index is 810. The van der Waals surface area contributed by atoms with E-state index < -0.39 is 0 Å². The van der Waals surface area contributed by atoms with Crippen LogP contribution in [-0.4, -0.2) is 16.5 Å². The minimum Gasteiger partial charge on any atom is -0.497 e. The molecule has 1 aromatic carbocycles. The smallest absolute Gasteiger partial charge is 0.139 e. The lowest BCUT2D eigenvalue weighted by molar-refractivity contribution is 0.414. The van der Waals surface area contributed by atoms with Crippen molar-refractivity contribution in [2.75, 3.05) is 12.8 Å². The zero-order chi connectivity index (χ0) is 15.1. The summed E-state index contributed by atoms with van der Waals surface area (Å²) in [5.41, 5.74) is 12.5. The molecule has 108 valence electrons. The highest BCUT2D eigenvalue weighted by Gasteiger charge is 2.16. The second kappa shape index (κ2) is 4.81. The van der Waals surface area contributed by atoms with E-state index in [9.17, 15) is 0 Å². The number of rotatable bonds is 2. The molecule has 0 aliphatic rings. The molecule has 2 N–H and O–H groups in total. The second-order valence-electron chi connectivity index (χ2n) is 5.41. The molecular formula is C17H19N3O. The molecule has 0 saturated heterocycles. The first-order chi connectivity index (χ1) is 10.0. The van der Waals surface area contributed by atoms with Gasteiger partial charge >= 0.3 is 0 Å². The van der Waals surface area contributed by atoms with E-state index in [2.05, 4.69) is 20.8 Å². The molecule has 0 aliphatic heterocycles. The number of benzene rings is 1. The molecule has 0 spiro atoms. The maximum Gasteiger partial charge on any atom is 0.139 e. The Kier molecular flexibility index (Phi) is 3.09.